The summed E-state index contributed by atoms with van der Waals surface area (Å²) in [6, 6.07) is 5.08. The fourth-order valence-corrected chi connectivity index (χ4v) is 3.60. The van der Waals surface area contributed by atoms with Gasteiger partial charge in [0.05, 0.1) is 5.52 Å². The van der Waals surface area contributed by atoms with Gasteiger partial charge in [-0.05, 0) is 50.9 Å². The largest absolute Gasteiger partial charge is 0.419 e. The zero-order valence-electron chi connectivity index (χ0n) is 14.5. The summed E-state index contributed by atoms with van der Waals surface area (Å²) in [7, 11) is 1.97. The van der Waals surface area contributed by atoms with Crippen molar-refractivity contribution in [3.63, 3.8) is 0 Å². The zero-order valence-corrected chi connectivity index (χ0v) is 15.2. The van der Waals surface area contributed by atoms with Crippen molar-refractivity contribution in [3.05, 3.63) is 33.8 Å². The van der Waals surface area contributed by atoms with Gasteiger partial charge >= 0.3 is 5.76 Å². The number of aromatic nitrogens is 1. The fraction of sp³-hybridized carbons (Fsp3) is 0.556. The van der Waals surface area contributed by atoms with Gasteiger partial charge in [0.2, 0.25) is 5.91 Å². The Kier molecular flexibility index (Phi) is 5.81. The predicted octanol–water partition coefficient (Wildman–Crippen LogP) is 2.49. The van der Waals surface area contributed by atoms with Crippen LogP contribution in [-0.2, 0) is 11.3 Å². The van der Waals surface area contributed by atoms with E-state index in [-0.39, 0.29) is 5.91 Å². The monoisotopic (exact) mass is 365 g/mol. The van der Waals surface area contributed by atoms with E-state index in [1.54, 1.807) is 18.2 Å². The molecule has 6 nitrogen and oxygen atoms in total. The fourth-order valence-electron chi connectivity index (χ4n) is 3.44. The number of rotatable bonds is 6. The van der Waals surface area contributed by atoms with Crippen LogP contribution in [0.3, 0.4) is 0 Å². The molecule has 1 fully saturated rings. The number of nitrogens with zero attached hydrogens (tertiary/aromatic N) is 2. The molecular formula is C18H24ClN3O3. The Bertz CT molecular complexity index is 790. The highest BCUT2D eigenvalue weighted by molar-refractivity contribution is 6.31. The molecule has 2 aromatic rings. The number of nitrogens with one attached hydrogen (secondary N) is 1. The number of likely N-dealkylation sites (tertiary alicyclic amines) is 1. The molecule has 1 amide bonds. The minimum Gasteiger partial charge on any atom is -0.408 e. The van der Waals surface area contributed by atoms with Gasteiger partial charge in [-0.2, -0.15) is 0 Å². The van der Waals surface area contributed by atoms with Crippen LogP contribution in [0, 0.1) is 5.92 Å². The summed E-state index contributed by atoms with van der Waals surface area (Å²) in [5, 5.41) is 3.70. The van der Waals surface area contributed by atoms with E-state index in [2.05, 4.69) is 5.32 Å². The van der Waals surface area contributed by atoms with Gasteiger partial charge in [-0.3, -0.25) is 9.36 Å². The third-order valence-electron chi connectivity index (χ3n) is 4.95. The Hall–Kier alpha value is -1.79. The molecule has 0 saturated carbocycles. The average Bonchev–Trinajstić information content (AvgIpc) is 2.92. The molecule has 0 radical (unpaired) electrons. The highest BCUT2D eigenvalue weighted by Gasteiger charge is 2.22. The van der Waals surface area contributed by atoms with Crippen molar-refractivity contribution in [1.29, 1.82) is 0 Å². The molecule has 136 valence electrons. The molecule has 1 aliphatic rings. The molecule has 25 heavy (non-hydrogen) atoms. The quantitative estimate of drug-likeness (QED) is 0.854. The number of aryl methyl sites for hydroxylation is 1. The molecule has 7 heteroatoms. The topological polar surface area (TPSA) is 67.5 Å². The van der Waals surface area contributed by atoms with Gasteiger partial charge in [0.1, 0.15) is 0 Å². The second-order valence-electron chi connectivity index (χ2n) is 6.60. The summed E-state index contributed by atoms with van der Waals surface area (Å²) in [4.78, 5) is 26.4. The number of carbonyl (C=O) groups excluding carboxylic acids is 1. The van der Waals surface area contributed by atoms with E-state index >= 15 is 0 Å². The molecule has 1 N–H and O–H groups in total. The van der Waals surface area contributed by atoms with Gasteiger partial charge in [-0.25, -0.2) is 4.79 Å². The van der Waals surface area contributed by atoms with Gasteiger partial charge in [-0.15, -0.1) is 0 Å². The van der Waals surface area contributed by atoms with E-state index in [9.17, 15) is 9.59 Å². The van der Waals surface area contributed by atoms with Crippen LogP contribution in [0.4, 0.5) is 0 Å². The second-order valence-corrected chi connectivity index (χ2v) is 7.03. The van der Waals surface area contributed by atoms with E-state index < -0.39 is 5.76 Å². The molecule has 0 atom stereocenters. The lowest BCUT2D eigenvalue weighted by atomic mass is 9.93. The third kappa shape index (κ3) is 4.25. The number of fused-ring (bicyclic) bond motifs is 1. The Labute approximate surface area is 151 Å². The van der Waals surface area contributed by atoms with Gasteiger partial charge in [0.25, 0.3) is 0 Å². The van der Waals surface area contributed by atoms with Gasteiger partial charge in [0.15, 0.2) is 5.58 Å². The number of hydrogen-bond donors (Lipinski definition) is 1. The Balaban J connectivity index is 1.57. The molecular weight excluding hydrogens is 342 g/mol. The van der Waals surface area contributed by atoms with Crippen molar-refractivity contribution < 1.29 is 9.21 Å². The summed E-state index contributed by atoms with van der Waals surface area (Å²) in [5.41, 5.74) is 1.13. The lowest BCUT2D eigenvalue weighted by molar-refractivity contribution is -0.132. The van der Waals surface area contributed by atoms with E-state index in [4.69, 9.17) is 16.0 Å². The maximum atomic E-state index is 12.5. The zero-order chi connectivity index (χ0) is 17.8. The molecule has 2 heterocycles. The highest BCUT2D eigenvalue weighted by Crippen LogP contribution is 2.21. The smallest absolute Gasteiger partial charge is 0.408 e. The van der Waals surface area contributed by atoms with Crippen molar-refractivity contribution in [2.75, 3.05) is 26.7 Å². The standard InChI is InChI=1S/C18H24ClN3O3/c1-20-8-4-13-5-9-21(10-6-13)17(23)7-11-22-15-3-2-14(19)12-16(15)25-18(22)24/h2-3,12-13,20H,4-11H2,1H3. The summed E-state index contributed by atoms with van der Waals surface area (Å²) in [5.74, 6) is 0.347. The first kappa shape index (κ1) is 18.0. The van der Waals surface area contributed by atoms with Crippen LogP contribution < -0.4 is 11.1 Å². The number of piperidine rings is 1. The van der Waals surface area contributed by atoms with Crippen LogP contribution in [0.5, 0.6) is 0 Å². The molecule has 0 spiro atoms. The molecule has 3 rings (SSSR count). The van der Waals surface area contributed by atoms with Crippen molar-refractivity contribution >= 4 is 28.6 Å². The van der Waals surface area contributed by atoms with E-state index in [0.29, 0.717) is 35.0 Å². The lowest BCUT2D eigenvalue weighted by Gasteiger charge is -2.32. The van der Waals surface area contributed by atoms with E-state index in [1.165, 1.54) is 4.57 Å². The van der Waals surface area contributed by atoms with Crippen LogP contribution in [-0.4, -0.2) is 42.1 Å². The minimum atomic E-state index is -0.448. The van der Waals surface area contributed by atoms with Crippen molar-refractivity contribution in [2.24, 2.45) is 5.92 Å². The van der Waals surface area contributed by atoms with Crippen LogP contribution in [0.15, 0.2) is 27.4 Å². The first-order chi connectivity index (χ1) is 12.1. The first-order valence-electron chi connectivity index (χ1n) is 8.79. The number of hydrogen-bond acceptors (Lipinski definition) is 4. The van der Waals surface area contributed by atoms with Gasteiger partial charge in [0, 0.05) is 37.1 Å². The van der Waals surface area contributed by atoms with Crippen LogP contribution in [0.1, 0.15) is 25.7 Å². The summed E-state index contributed by atoms with van der Waals surface area (Å²) >= 11 is 5.92. The average molecular weight is 366 g/mol. The Morgan fingerprint density at radius 1 is 1.36 bits per heavy atom. The van der Waals surface area contributed by atoms with Crippen molar-refractivity contribution in [3.8, 4) is 0 Å². The molecule has 1 aromatic heterocycles. The number of benzene rings is 1. The van der Waals surface area contributed by atoms with Crippen LogP contribution in [0.2, 0.25) is 5.02 Å². The summed E-state index contributed by atoms with van der Waals surface area (Å²) < 4.78 is 6.70. The maximum absolute atomic E-state index is 12.5. The Morgan fingerprint density at radius 2 is 2.12 bits per heavy atom. The maximum Gasteiger partial charge on any atom is 0.419 e. The summed E-state index contributed by atoms with van der Waals surface area (Å²) in [6.45, 7) is 2.97. The number of oxazole rings is 1. The summed E-state index contributed by atoms with van der Waals surface area (Å²) in [6.07, 6.45) is 3.58. The predicted molar refractivity (Wildman–Crippen MR) is 97.9 cm³/mol. The number of carbonyl (C=O) groups is 1. The molecule has 0 bridgehead atoms. The molecule has 1 saturated heterocycles. The molecule has 1 aliphatic heterocycles. The minimum absolute atomic E-state index is 0.0993. The van der Waals surface area contributed by atoms with E-state index in [1.807, 2.05) is 11.9 Å². The third-order valence-corrected chi connectivity index (χ3v) is 5.18. The number of amides is 1. The Morgan fingerprint density at radius 3 is 2.84 bits per heavy atom. The van der Waals surface area contributed by atoms with Crippen LogP contribution >= 0.6 is 11.6 Å². The molecule has 0 aliphatic carbocycles. The normalized spacial score (nSPS) is 15.8. The van der Waals surface area contributed by atoms with E-state index in [0.717, 1.165) is 38.9 Å². The second kappa shape index (κ2) is 8.06. The SMILES string of the molecule is CNCCC1CCN(C(=O)CCn2c(=O)oc3cc(Cl)ccc32)CC1. The van der Waals surface area contributed by atoms with Gasteiger partial charge < -0.3 is 14.6 Å². The van der Waals surface area contributed by atoms with Gasteiger partial charge in [-0.1, -0.05) is 11.6 Å². The highest BCUT2D eigenvalue weighted by atomic mass is 35.5. The van der Waals surface area contributed by atoms with Crippen molar-refractivity contribution in [1.82, 2.24) is 14.8 Å². The van der Waals surface area contributed by atoms with Crippen molar-refractivity contribution in [2.45, 2.75) is 32.2 Å². The molecule has 1 aromatic carbocycles. The van der Waals surface area contributed by atoms with Crippen LogP contribution in [0.25, 0.3) is 11.1 Å². The molecule has 0 unspecified atom stereocenters. The first-order valence-corrected chi connectivity index (χ1v) is 9.17. The lowest BCUT2D eigenvalue weighted by Crippen LogP contribution is -2.39. The number of halogens is 1.